The largest absolute Gasteiger partial charge is 0.339 e. The molecule has 0 aliphatic rings. The second kappa shape index (κ2) is 5.10. The van der Waals surface area contributed by atoms with Crippen LogP contribution in [0.25, 0.3) is 0 Å². The Bertz CT molecular complexity index is 467. The average molecular weight is 231 g/mol. The Morgan fingerprint density at radius 3 is 2.59 bits per heavy atom. The lowest BCUT2D eigenvalue weighted by Crippen LogP contribution is -2.17. The summed E-state index contributed by atoms with van der Waals surface area (Å²) < 4.78 is 5.22. The summed E-state index contributed by atoms with van der Waals surface area (Å²) in [5, 5.41) is 3.89. The van der Waals surface area contributed by atoms with Gasteiger partial charge >= 0.3 is 0 Å². The fourth-order valence-electron chi connectivity index (χ4n) is 1.71. The molecule has 0 fully saturated rings. The third-order valence-corrected chi connectivity index (χ3v) is 2.91. The Kier molecular flexibility index (Phi) is 3.54. The number of hydrogen-bond acceptors (Lipinski definition) is 4. The molecule has 0 radical (unpaired) electrons. The number of hydrogen-bond donors (Lipinski definition) is 1. The molecule has 17 heavy (non-hydrogen) atoms. The molecule has 1 aromatic heterocycles. The van der Waals surface area contributed by atoms with Gasteiger partial charge in [0, 0.05) is 12.5 Å². The minimum atomic E-state index is -0.124. The van der Waals surface area contributed by atoms with E-state index in [1.54, 1.807) is 0 Å². The average Bonchev–Trinajstić information content (AvgIpc) is 2.87. The van der Waals surface area contributed by atoms with Crippen molar-refractivity contribution in [1.82, 2.24) is 10.1 Å². The summed E-state index contributed by atoms with van der Waals surface area (Å²) in [5.41, 5.74) is 7.27. The summed E-state index contributed by atoms with van der Waals surface area (Å²) in [7, 11) is 0. The molecule has 0 aliphatic heterocycles. The van der Waals surface area contributed by atoms with Crippen molar-refractivity contribution in [1.29, 1.82) is 0 Å². The van der Waals surface area contributed by atoms with Gasteiger partial charge in [0.2, 0.25) is 5.89 Å². The highest BCUT2D eigenvalue weighted by Crippen LogP contribution is 2.27. The number of aromatic nitrogens is 2. The number of nitrogens with zero attached hydrogens (tertiary/aromatic N) is 2. The fraction of sp³-hybridized carbons (Fsp3) is 0.385. The first-order chi connectivity index (χ1) is 8.22. The molecule has 0 spiro atoms. The maximum absolute atomic E-state index is 6.19. The lowest BCUT2D eigenvalue weighted by molar-refractivity contribution is 0.340. The van der Waals surface area contributed by atoms with E-state index in [-0.39, 0.29) is 12.0 Å². The zero-order chi connectivity index (χ0) is 12.3. The van der Waals surface area contributed by atoms with Crippen LogP contribution in [-0.4, -0.2) is 10.1 Å². The molecule has 1 heterocycles. The molecule has 90 valence electrons. The predicted octanol–water partition coefficient (Wildman–Crippen LogP) is 2.44. The molecule has 0 amide bonds. The van der Waals surface area contributed by atoms with E-state index < -0.39 is 0 Å². The standard InChI is InChI=1S/C13H17N3O/c1-3-11-15-13(17-16-11)9(2)12(14)10-7-5-4-6-8-10/h4-9,12H,3,14H2,1-2H3. The van der Waals surface area contributed by atoms with E-state index in [0.717, 1.165) is 17.8 Å². The van der Waals surface area contributed by atoms with Crippen LogP contribution in [0.3, 0.4) is 0 Å². The highest BCUT2D eigenvalue weighted by Gasteiger charge is 2.22. The summed E-state index contributed by atoms with van der Waals surface area (Å²) in [4.78, 5) is 4.32. The monoisotopic (exact) mass is 231 g/mol. The van der Waals surface area contributed by atoms with Gasteiger partial charge in [0.1, 0.15) is 0 Å². The van der Waals surface area contributed by atoms with Gasteiger partial charge in [0.05, 0.1) is 5.92 Å². The highest BCUT2D eigenvalue weighted by atomic mass is 16.5. The lowest BCUT2D eigenvalue weighted by atomic mass is 9.95. The minimum absolute atomic E-state index is 0.0187. The first-order valence-corrected chi connectivity index (χ1v) is 5.85. The molecule has 0 saturated carbocycles. The summed E-state index contributed by atoms with van der Waals surface area (Å²) in [6, 6.07) is 9.83. The Balaban J connectivity index is 2.17. The minimum Gasteiger partial charge on any atom is -0.339 e. The van der Waals surface area contributed by atoms with Crippen LogP contribution in [-0.2, 0) is 6.42 Å². The molecule has 4 heteroatoms. The first kappa shape index (κ1) is 11.8. The summed E-state index contributed by atoms with van der Waals surface area (Å²) in [5.74, 6) is 1.36. The second-order valence-corrected chi connectivity index (χ2v) is 4.13. The number of rotatable bonds is 4. The van der Waals surface area contributed by atoms with E-state index in [1.807, 2.05) is 44.2 Å². The van der Waals surface area contributed by atoms with Crippen molar-refractivity contribution in [2.45, 2.75) is 32.2 Å². The molecule has 0 saturated heterocycles. The zero-order valence-corrected chi connectivity index (χ0v) is 10.1. The van der Waals surface area contributed by atoms with Crippen LogP contribution in [0, 0.1) is 0 Å². The van der Waals surface area contributed by atoms with Crippen LogP contribution in [0.15, 0.2) is 34.9 Å². The van der Waals surface area contributed by atoms with Gasteiger partial charge in [0.15, 0.2) is 5.82 Å². The Hall–Kier alpha value is -1.68. The Morgan fingerprint density at radius 1 is 1.29 bits per heavy atom. The highest BCUT2D eigenvalue weighted by molar-refractivity contribution is 5.21. The van der Waals surface area contributed by atoms with Crippen molar-refractivity contribution in [3.8, 4) is 0 Å². The Labute approximate surface area is 101 Å². The van der Waals surface area contributed by atoms with Gasteiger partial charge in [-0.1, -0.05) is 49.3 Å². The third kappa shape index (κ3) is 2.53. The number of benzene rings is 1. The molecule has 0 bridgehead atoms. The third-order valence-electron chi connectivity index (χ3n) is 2.91. The summed E-state index contributed by atoms with van der Waals surface area (Å²) in [6.07, 6.45) is 0.775. The molecule has 0 aliphatic carbocycles. The number of aryl methyl sites for hydroxylation is 1. The van der Waals surface area contributed by atoms with Crippen LogP contribution >= 0.6 is 0 Å². The maximum Gasteiger partial charge on any atom is 0.231 e. The van der Waals surface area contributed by atoms with E-state index in [9.17, 15) is 0 Å². The van der Waals surface area contributed by atoms with Gasteiger partial charge in [-0.3, -0.25) is 0 Å². The summed E-state index contributed by atoms with van der Waals surface area (Å²) in [6.45, 7) is 4.00. The smallest absolute Gasteiger partial charge is 0.231 e. The molecule has 1 aromatic carbocycles. The molecular weight excluding hydrogens is 214 g/mol. The summed E-state index contributed by atoms with van der Waals surface area (Å²) >= 11 is 0. The van der Waals surface area contributed by atoms with E-state index in [0.29, 0.717) is 5.89 Å². The van der Waals surface area contributed by atoms with Gasteiger partial charge < -0.3 is 10.3 Å². The first-order valence-electron chi connectivity index (χ1n) is 5.85. The molecular formula is C13H17N3O. The van der Waals surface area contributed by atoms with E-state index in [2.05, 4.69) is 10.1 Å². The van der Waals surface area contributed by atoms with Crippen molar-refractivity contribution in [2.75, 3.05) is 0 Å². The predicted molar refractivity (Wildman–Crippen MR) is 65.5 cm³/mol. The maximum atomic E-state index is 6.19. The molecule has 2 rings (SSSR count). The van der Waals surface area contributed by atoms with Crippen molar-refractivity contribution < 1.29 is 4.52 Å². The van der Waals surface area contributed by atoms with Crippen LogP contribution < -0.4 is 5.73 Å². The van der Waals surface area contributed by atoms with E-state index in [4.69, 9.17) is 10.3 Å². The lowest BCUT2D eigenvalue weighted by Gasteiger charge is -2.16. The van der Waals surface area contributed by atoms with Crippen LogP contribution in [0.2, 0.25) is 0 Å². The molecule has 2 N–H and O–H groups in total. The Morgan fingerprint density at radius 2 is 2.00 bits per heavy atom. The van der Waals surface area contributed by atoms with Gasteiger partial charge in [-0.25, -0.2) is 0 Å². The normalized spacial score (nSPS) is 14.5. The van der Waals surface area contributed by atoms with Gasteiger partial charge in [-0.2, -0.15) is 4.98 Å². The number of nitrogens with two attached hydrogens (primary N) is 1. The SMILES string of the molecule is CCc1noc(C(C)C(N)c2ccccc2)n1. The van der Waals surface area contributed by atoms with Gasteiger partial charge in [0.25, 0.3) is 0 Å². The van der Waals surface area contributed by atoms with Crippen molar-refractivity contribution in [2.24, 2.45) is 5.73 Å². The zero-order valence-electron chi connectivity index (χ0n) is 10.1. The van der Waals surface area contributed by atoms with Crippen molar-refractivity contribution in [3.63, 3.8) is 0 Å². The second-order valence-electron chi connectivity index (χ2n) is 4.13. The van der Waals surface area contributed by atoms with Crippen LogP contribution in [0.5, 0.6) is 0 Å². The molecule has 2 atom stereocenters. The molecule has 2 aromatic rings. The van der Waals surface area contributed by atoms with Gasteiger partial charge in [-0.05, 0) is 5.56 Å². The molecule has 4 nitrogen and oxygen atoms in total. The van der Waals surface area contributed by atoms with Crippen molar-refractivity contribution >= 4 is 0 Å². The molecule has 2 unspecified atom stereocenters. The fourth-order valence-corrected chi connectivity index (χ4v) is 1.71. The van der Waals surface area contributed by atoms with Gasteiger partial charge in [-0.15, -0.1) is 0 Å². The quantitative estimate of drug-likeness (QED) is 0.877. The van der Waals surface area contributed by atoms with Crippen LogP contribution in [0.1, 0.15) is 43.1 Å². The van der Waals surface area contributed by atoms with E-state index >= 15 is 0 Å². The van der Waals surface area contributed by atoms with Crippen molar-refractivity contribution in [3.05, 3.63) is 47.6 Å². The van der Waals surface area contributed by atoms with Crippen LogP contribution in [0.4, 0.5) is 0 Å². The topological polar surface area (TPSA) is 64.9 Å². The van der Waals surface area contributed by atoms with E-state index in [1.165, 1.54) is 0 Å².